The van der Waals surface area contributed by atoms with Crippen molar-refractivity contribution in [3.63, 3.8) is 0 Å². The molecule has 1 N–H and O–H groups in total. The highest BCUT2D eigenvalue weighted by molar-refractivity contribution is 7.99. The molecule has 1 aliphatic rings. The van der Waals surface area contributed by atoms with Crippen molar-refractivity contribution in [2.75, 3.05) is 16.8 Å². The average Bonchev–Trinajstić information content (AvgIpc) is 2.69. The van der Waals surface area contributed by atoms with Crippen molar-refractivity contribution in [2.45, 2.75) is 39.2 Å². The Morgan fingerprint density at radius 1 is 1.44 bits per heavy atom. The van der Waals surface area contributed by atoms with Crippen LogP contribution in [0.3, 0.4) is 0 Å². The molecule has 0 bridgehead atoms. The summed E-state index contributed by atoms with van der Waals surface area (Å²) in [6.07, 6.45) is 1.24. The fourth-order valence-electron chi connectivity index (χ4n) is 1.78. The Morgan fingerprint density at radius 2 is 2.25 bits per heavy atom. The Kier molecular flexibility index (Phi) is 3.69. The molecule has 0 amide bonds. The van der Waals surface area contributed by atoms with Crippen LogP contribution < -0.4 is 5.32 Å². The number of nitrogens with one attached hydrogen (secondary N) is 1. The molecule has 16 heavy (non-hydrogen) atoms. The number of anilines is 1. The minimum atomic E-state index is 0.387. The summed E-state index contributed by atoms with van der Waals surface area (Å²) >= 11 is 2.01. The standard InChI is InChI=1S/C12H19N3S/c1-8(2)12-13-9(3)6-11(15-12)14-10-4-5-16-7-10/h6,8,10H,4-5,7H2,1-3H3,(H,13,14,15). The Labute approximate surface area is 101 Å². The average molecular weight is 237 g/mol. The molecular weight excluding hydrogens is 218 g/mol. The maximum Gasteiger partial charge on any atom is 0.133 e. The number of thioether (sulfide) groups is 1. The largest absolute Gasteiger partial charge is 0.366 e. The van der Waals surface area contributed by atoms with Gasteiger partial charge in [-0.15, -0.1) is 0 Å². The third-order valence-corrected chi connectivity index (χ3v) is 3.83. The van der Waals surface area contributed by atoms with E-state index in [0.717, 1.165) is 17.3 Å². The fourth-order valence-corrected chi connectivity index (χ4v) is 2.93. The van der Waals surface area contributed by atoms with Crippen LogP contribution in [0, 0.1) is 6.92 Å². The second-order valence-electron chi connectivity index (χ2n) is 4.61. The minimum absolute atomic E-state index is 0.387. The number of aromatic nitrogens is 2. The molecule has 1 saturated heterocycles. The second kappa shape index (κ2) is 5.04. The van der Waals surface area contributed by atoms with Crippen LogP contribution in [0.2, 0.25) is 0 Å². The first-order valence-electron chi connectivity index (χ1n) is 5.85. The van der Waals surface area contributed by atoms with E-state index in [4.69, 9.17) is 0 Å². The van der Waals surface area contributed by atoms with Gasteiger partial charge in [0, 0.05) is 29.5 Å². The molecule has 2 heterocycles. The van der Waals surface area contributed by atoms with Gasteiger partial charge in [0.05, 0.1) is 0 Å². The maximum atomic E-state index is 4.57. The van der Waals surface area contributed by atoms with Gasteiger partial charge < -0.3 is 5.32 Å². The minimum Gasteiger partial charge on any atom is -0.366 e. The predicted molar refractivity (Wildman–Crippen MR) is 70.2 cm³/mol. The molecule has 1 unspecified atom stereocenters. The summed E-state index contributed by atoms with van der Waals surface area (Å²) in [7, 11) is 0. The zero-order chi connectivity index (χ0) is 11.5. The van der Waals surface area contributed by atoms with Crippen LogP contribution in [0.5, 0.6) is 0 Å². The number of rotatable bonds is 3. The van der Waals surface area contributed by atoms with Gasteiger partial charge in [-0.05, 0) is 19.1 Å². The normalized spacial score (nSPS) is 20.4. The lowest BCUT2D eigenvalue weighted by Gasteiger charge is -2.14. The van der Waals surface area contributed by atoms with Crippen LogP contribution in [-0.2, 0) is 0 Å². The molecule has 88 valence electrons. The highest BCUT2D eigenvalue weighted by Gasteiger charge is 2.16. The highest BCUT2D eigenvalue weighted by Crippen LogP contribution is 2.21. The topological polar surface area (TPSA) is 37.8 Å². The molecule has 1 atom stereocenters. The molecule has 3 nitrogen and oxygen atoms in total. The molecular formula is C12H19N3S. The number of aryl methyl sites for hydroxylation is 1. The van der Waals surface area contributed by atoms with Crippen molar-refractivity contribution in [1.29, 1.82) is 0 Å². The molecule has 4 heteroatoms. The van der Waals surface area contributed by atoms with Crippen LogP contribution >= 0.6 is 11.8 Å². The molecule has 0 aliphatic carbocycles. The first-order chi connectivity index (χ1) is 7.65. The van der Waals surface area contributed by atoms with E-state index in [0.29, 0.717) is 12.0 Å². The Bertz CT molecular complexity index is 359. The Morgan fingerprint density at radius 3 is 2.88 bits per heavy atom. The predicted octanol–water partition coefficient (Wildman–Crippen LogP) is 2.83. The number of nitrogens with zero attached hydrogens (tertiary/aromatic N) is 2. The molecule has 0 aromatic carbocycles. The van der Waals surface area contributed by atoms with E-state index in [2.05, 4.69) is 29.1 Å². The van der Waals surface area contributed by atoms with Crippen molar-refractivity contribution in [1.82, 2.24) is 9.97 Å². The Hall–Kier alpha value is -0.770. The SMILES string of the molecule is Cc1cc(NC2CCSC2)nc(C(C)C)n1. The highest BCUT2D eigenvalue weighted by atomic mass is 32.2. The summed E-state index contributed by atoms with van der Waals surface area (Å²) in [6, 6.07) is 2.62. The fraction of sp³-hybridized carbons (Fsp3) is 0.667. The maximum absolute atomic E-state index is 4.57. The summed E-state index contributed by atoms with van der Waals surface area (Å²) in [5.74, 6) is 4.77. The summed E-state index contributed by atoms with van der Waals surface area (Å²) < 4.78 is 0. The van der Waals surface area contributed by atoms with Gasteiger partial charge in [-0.3, -0.25) is 0 Å². The van der Waals surface area contributed by atoms with Gasteiger partial charge in [-0.1, -0.05) is 13.8 Å². The van der Waals surface area contributed by atoms with Gasteiger partial charge in [0.15, 0.2) is 0 Å². The van der Waals surface area contributed by atoms with Crippen LogP contribution in [0.1, 0.15) is 37.7 Å². The van der Waals surface area contributed by atoms with Crippen molar-refractivity contribution in [3.8, 4) is 0 Å². The molecule has 0 spiro atoms. The van der Waals surface area contributed by atoms with E-state index >= 15 is 0 Å². The van der Waals surface area contributed by atoms with E-state index in [1.807, 2.05) is 24.8 Å². The van der Waals surface area contributed by atoms with Crippen LogP contribution in [0.4, 0.5) is 5.82 Å². The smallest absolute Gasteiger partial charge is 0.133 e. The Balaban J connectivity index is 2.13. The van der Waals surface area contributed by atoms with Gasteiger partial charge in [0.25, 0.3) is 0 Å². The number of hydrogen-bond acceptors (Lipinski definition) is 4. The summed E-state index contributed by atoms with van der Waals surface area (Å²) in [5, 5.41) is 3.50. The van der Waals surface area contributed by atoms with Crippen molar-refractivity contribution in [3.05, 3.63) is 17.6 Å². The lowest BCUT2D eigenvalue weighted by molar-refractivity contribution is 0.754. The van der Waals surface area contributed by atoms with Crippen molar-refractivity contribution < 1.29 is 0 Å². The van der Waals surface area contributed by atoms with Crippen molar-refractivity contribution in [2.24, 2.45) is 0 Å². The lowest BCUT2D eigenvalue weighted by atomic mass is 10.2. The van der Waals surface area contributed by atoms with E-state index in [9.17, 15) is 0 Å². The lowest BCUT2D eigenvalue weighted by Crippen LogP contribution is -2.19. The molecule has 2 rings (SSSR count). The summed E-state index contributed by atoms with van der Waals surface area (Å²) in [4.78, 5) is 9.02. The van der Waals surface area contributed by atoms with Gasteiger partial charge in [0.1, 0.15) is 11.6 Å². The van der Waals surface area contributed by atoms with Gasteiger partial charge >= 0.3 is 0 Å². The molecule has 1 fully saturated rings. The third kappa shape index (κ3) is 2.88. The molecule has 0 radical (unpaired) electrons. The van der Waals surface area contributed by atoms with Gasteiger partial charge in [-0.25, -0.2) is 9.97 Å². The number of hydrogen-bond donors (Lipinski definition) is 1. The summed E-state index contributed by atoms with van der Waals surface area (Å²) in [5.41, 5.74) is 1.05. The monoisotopic (exact) mass is 237 g/mol. The van der Waals surface area contributed by atoms with E-state index in [1.54, 1.807) is 0 Å². The van der Waals surface area contributed by atoms with E-state index < -0.39 is 0 Å². The van der Waals surface area contributed by atoms with E-state index in [-0.39, 0.29) is 0 Å². The molecule has 0 saturated carbocycles. The second-order valence-corrected chi connectivity index (χ2v) is 5.76. The van der Waals surface area contributed by atoms with Crippen LogP contribution in [0.15, 0.2) is 6.07 Å². The van der Waals surface area contributed by atoms with E-state index in [1.165, 1.54) is 17.9 Å². The molecule has 1 aromatic rings. The van der Waals surface area contributed by atoms with Gasteiger partial charge in [0.2, 0.25) is 0 Å². The quantitative estimate of drug-likeness (QED) is 0.877. The van der Waals surface area contributed by atoms with Crippen LogP contribution in [0.25, 0.3) is 0 Å². The first-order valence-corrected chi connectivity index (χ1v) is 7.00. The third-order valence-electron chi connectivity index (χ3n) is 2.67. The van der Waals surface area contributed by atoms with Gasteiger partial charge in [-0.2, -0.15) is 11.8 Å². The van der Waals surface area contributed by atoms with Crippen molar-refractivity contribution >= 4 is 17.6 Å². The molecule has 1 aromatic heterocycles. The zero-order valence-electron chi connectivity index (χ0n) is 10.2. The zero-order valence-corrected chi connectivity index (χ0v) is 11.0. The van der Waals surface area contributed by atoms with Crippen LogP contribution in [-0.4, -0.2) is 27.5 Å². The first kappa shape index (κ1) is 11.7. The molecule has 1 aliphatic heterocycles. The summed E-state index contributed by atoms with van der Waals surface area (Å²) in [6.45, 7) is 6.29.